The molecular formula is C25H21O4P. The maximum absolute atomic E-state index is 14.5. The van der Waals surface area contributed by atoms with E-state index in [0.717, 1.165) is 21.6 Å². The fourth-order valence-corrected chi connectivity index (χ4v) is 6.26. The smallest absolute Gasteiger partial charge is 0.330 e. The highest BCUT2D eigenvalue weighted by Crippen LogP contribution is 2.49. The van der Waals surface area contributed by atoms with E-state index in [4.69, 9.17) is 9.15 Å². The number of para-hydroxylation sites is 1. The van der Waals surface area contributed by atoms with Crippen LogP contribution in [0.1, 0.15) is 11.3 Å². The summed E-state index contributed by atoms with van der Waals surface area (Å²) in [6.45, 7) is 0. The molecule has 0 aliphatic heterocycles. The third kappa shape index (κ3) is 3.87. The van der Waals surface area contributed by atoms with Gasteiger partial charge < -0.3 is 13.7 Å². The lowest BCUT2D eigenvalue weighted by Gasteiger charge is -2.19. The highest BCUT2D eigenvalue weighted by Gasteiger charge is 2.30. The monoisotopic (exact) mass is 416 g/mol. The molecule has 0 saturated heterocycles. The summed E-state index contributed by atoms with van der Waals surface area (Å²) < 4.78 is 25.2. The van der Waals surface area contributed by atoms with Gasteiger partial charge in [-0.1, -0.05) is 78.9 Å². The average Bonchev–Trinajstić information content (AvgIpc) is 3.15. The van der Waals surface area contributed by atoms with Crippen molar-refractivity contribution >= 4 is 40.8 Å². The SMILES string of the molecule is COC(=O)/C=C/c1oc2ccccc2c1CP(=O)(c1ccccc1)c1ccccc1. The third-order valence-corrected chi connectivity index (χ3v) is 8.06. The van der Waals surface area contributed by atoms with Crippen LogP contribution in [-0.4, -0.2) is 13.1 Å². The molecule has 1 heterocycles. The van der Waals surface area contributed by atoms with E-state index in [1.165, 1.54) is 13.2 Å². The van der Waals surface area contributed by atoms with Gasteiger partial charge >= 0.3 is 5.97 Å². The van der Waals surface area contributed by atoms with Gasteiger partial charge in [-0.2, -0.15) is 0 Å². The quantitative estimate of drug-likeness (QED) is 0.248. The second kappa shape index (κ2) is 8.56. The molecule has 0 N–H and O–H groups in total. The van der Waals surface area contributed by atoms with Crippen molar-refractivity contribution in [1.82, 2.24) is 0 Å². The van der Waals surface area contributed by atoms with E-state index in [-0.39, 0.29) is 6.16 Å². The standard InChI is InChI=1S/C25H21O4P/c1-28-25(26)17-16-24-22(21-14-8-9-15-23(21)29-24)18-30(27,19-10-4-2-5-11-19)20-12-6-3-7-13-20/h2-17H,18H2,1H3/b17-16+. The van der Waals surface area contributed by atoms with Crippen LogP contribution in [0.3, 0.4) is 0 Å². The lowest BCUT2D eigenvalue weighted by atomic mass is 10.1. The molecule has 30 heavy (non-hydrogen) atoms. The Kier molecular flexibility index (Phi) is 5.69. The first kappa shape index (κ1) is 19.9. The topological polar surface area (TPSA) is 56.5 Å². The molecule has 0 spiro atoms. The molecule has 150 valence electrons. The Labute approximate surface area is 175 Å². The second-order valence-electron chi connectivity index (χ2n) is 6.87. The predicted octanol–water partition coefficient (Wildman–Crippen LogP) is 5.13. The number of hydrogen-bond acceptors (Lipinski definition) is 4. The fourth-order valence-electron chi connectivity index (χ4n) is 3.52. The maximum atomic E-state index is 14.5. The van der Waals surface area contributed by atoms with Crippen LogP contribution in [0.4, 0.5) is 0 Å². The lowest BCUT2D eigenvalue weighted by Crippen LogP contribution is -2.17. The van der Waals surface area contributed by atoms with Gasteiger partial charge in [-0.25, -0.2) is 4.79 Å². The fraction of sp³-hybridized carbons (Fsp3) is 0.0800. The normalized spacial score (nSPS) is 11.8. The van der Waals surface area contributed by atoms with Crippen LogP contribution in [0.5, 0.6) is 0 Å². The van der Waals surface area contributed by atoms with Gasteiger partial charge in [0.05, 0.1) is 7.11 Å². The highest BCUT2D eigenvalue weighted by atomic mass is 31.2. The molecule has 0 amide bonds. The molecule has 0 fully saturated rings. The summed E-state index contributed by atoms with van der Waals surface area (Å²) in [5, 5.41) is 2.45. The van der Waals surface area contributed by atoms with Crippen molar-refractivity contribution in [3.05, 3.63) is 102 Å². The van der Waals surface area contributed by atoms with Crippen molar-refractivity contribution in [3.63, 3.8) is 0 Å². The number of methoxy groups -OCH3 is 1. The number of benzene rings is 3. The van der Waals surface area contributed by atoms with Gasteiger partial charge in [-0.05, 0) is 12.1 Å². The maximum Gasteiger partial charge on any atom is 0.330 e. The molecule has 0 atom stereocenters. The van der Waals surface area contributed by atoms with Gasteiger partial charge in [-0.15, -0.1) is 0 Å². The van der Waals surface area contributed by atoms with Crippen LogP contribution >= 0.6 is 7.14 Å². The molecule has 0 aliphatic carbocycles. The Balaban J connectivity index is 1.89. The zero-order chi connectivity index (χ0) is 21.0. The first-order valence-corrected chi connectivity index (χ1v) is 11.5. The van der Waals surface area contributed by atoms with E-state index < -0.39 is 13.1 Å². The Bertz CT molecular complexity index is 1200. The molecule has 3 aromatic carbocycles. The summed E-state index contributed by atoms with van der Waals surface area (Å²) in [6.07, 6.45) is 3.18. The van der Waals surface area contributed by atoms with Crippen molar-refractivity contribution in [2.24, 2.45) is 0 Å². The highest BCUT2D eigenvalue weighted by molar-refractivity contribution is 7.78. The van der Waals surface area contributed by atoms with E-state index in [1.54, 1.807) is 6.08 Å². The lowest BCUT2D eigenvalue weighted by molar-refractivity contribution is -0.134. The second-order valence-corrected chi connectivity index (χ2v) is 9.69. The van der Waals surface area contributed by atoms with E-state index in [1.807, 2.05) is 84.9 Å². The number of carbonyl (C=O) groups excluding carboxylic acids is 1. The minimum absolute atomic E-state index is 0.277. The molecule has 4 nitrogen and oxygen atoms in total. The molecule has 1 aromatic heterocycles. The van der Waals surface area contributed by atoms with Gasteiger partial charge in [0.1, 0.15) is 18.5 Å². The van der Waals surface area contributed by atoms with Crippen molar-refractivity contribution in [2.75, 3.05) is 7.11 Å². The Morgan fingerprint density at radius 2 is 1.47 bits per heavy atom. The zero-order valence-corrected chi connectivity index (χ0v) is 17.4. The summed E-state index contributed by atoms with van der Waals surface area (Å²) in [7, 11) is -1.68. The molecule has 0 saturated carbocycles. The van der Waals surface area contributed by atoms with E-state index in [0.29, 0.717) is 11.3 Å². The van der Waals surface area contributed by atoms with Crippen molar-refractivity contribution in [2.45, 2.75) is 6.16 Å². The molecule has 4 aromatic rings. The minimum atomic E-state index is -3.01. The molecule has 0 unspecified atom stereocenters. The number of carbonyl (C=O) groups is 1. The van der Waals surface area contributed by atoms with Crippen LogP contribution in [-0.2, 0) is 20.3 Å². The van der Waals surface area contributed by atoms with Crippen LogP contribution < -0.4 is 10.6 Å². The van der Waals surface area contributed by atoms with Gasteiger partial charge in [0, 0.05) is 33.8 Å². The Hall–Kier alpha value is -3.36. The van der Waals surface area contributed by atoms with E-state index >= 15 is 0 Å². The van der Waals surface area contributed by atoms with E-state index in [9.17, 15) is 9.36 Å². The van der Waals surface area contributed by atoms with Gasteiger partial charge in [-0.3, -0.25) is 0 Å². The summed E-state index contributed by atoms with van der Waals surface area (Å²) in [5.41, 5.74) is 1.49. The summed E-state index contributed by atoms with van der Waals surface area (Å²) >= 11 is 0. The van der Waals surface area contributed by atoms with Crippen molar-refractivity contribution in [3.8, 4) is 0 Å². The van der Waals surface area contributed by atoms with Crippen LogP contribution in [0, 0.1) is 0 Å². The number of ether oxygens (including phenoxy) is 1. The zero-order valence-electron chi connectivity index (χ0n) is 16.5. The number of furan rings is 1. The third-order valence-electron chi connectivity index (χ3n) is 5.03. The Morgan fingerprint density at radius 3 is 2.07 bits per heavy atom. The average molecular weight is 416 g/mol. The predicted molar refractivity (Wildman–Crippen MR) is 121 cm³/mol. The number of hydrogen-bond donors (Lipinski definition) is 0. The Morgan fingerprint density at radius 1 is 0.900 bits per heavy atom. The van der Waals surface area contributed by atoms with Gasteiger partial charge in [0.25, 0.3) is 0 Å². The molecule has 0 radical (unpaired) electrons. The number of esters is 1. The summed E-state index contributed by atoms with van der Waals surface area (Å²) in [5.74, 6) is 0.0318. The summed E-state index contributed by atoms with van der Waals surface area (Å²) in [4.78, 5) is 11.6. The van der Waals surface area contributed by atoms with Crippen LogP contribution in [0.2, 0.25) is 0 Å². The first-order valence-electron chi connectivity index (χ1n) is 9.58. The molecule has 0 aliphatic rings. The first-order chi connectivity index (χ1) is 14.6. The van der Waals surface area contributed by atoms with Gasteiger partial charge in [0.2, 0.25) is 0 Å². The van der Waals surface area contributed by atoms with Crippen molar-refractivity contribution in [1.29, 1.82) is 0 Å². The number of rotatable bonds is 6. The number of fused-ring (bicyclic) bond motifs is 1. The molecule has 0 bridgehead atoms. The molecule has 5 heteroatoms. The van der Waals surface area contributed by atoms with Crippen LogP contribution in [0.25, 0.3) is 17.0 Å². The minimum Gasteiger partial charge on any atom is -0.466 e. The molecular weight excluding hydrogens is 395 g/mol. The molecule has 4 rings (SSSR count). The van der Waals surface area contributed by atoms with Gasteiger partial charge in [0.15, 0.2) is 0 Å². The largest absolute Gasteiger partial charge is 0.466 e. The van der Waals surface area contributed by atoms with E-state index in [2.05, 4.69) is 0 Å². The van der Waals surface area contributed by atoms with Crippen molar-refractivity contribution < 1.29 is 18.5 Å². The van der Waals surface area contributed by atoms with Crippen LogP contribution in [0.15, 0.2) is 95.4 Å². The summed E-state index contributed by atoms with van der Waals surface area (Å²) in [6, 6.07) is 26.7.